The molecule has 0 amide bonds. The summed E-state index contributed by atoms with van der Waals surface area (Å²) >= 11 is 18.9. The summed E-state index contributed by atoms with van der Waals surface area (Å²) in [4.78, 5) is 2.81. The zero-order valence-corrected chi connectivity index (χ0v) is 25.7. The van der Waals surface area contributed by atoms with Crippen LogP contribution in [0.15, 0.2) is 70.3 Å². The number of hydrogen-bond donors (Lipinski definition) is 0. The number of hydrogen-bond acceptors (Lipinski definition) is 10. The van der Waals surface area contributed by atoms with E-state index >= 15 is 0 Å². The average molecular weight is 603 g/mol. The molecule has 0 N–H and O–H groups in total. The van der Waals surface area contributed by atoms with Crippen LogP contribution < -0.4 is 0 Å². The van der Waals surface area contributed by atoms with Gasteiger partial charge in [-0.15, -0.1) is 47.0 Å². The molecule has 32 heavy (non-hydrogen) atoms. The quantitative estimate of drug-likeness (QED) is 0.325. The van der Waals surface area contributed by atoms with E-state index in [0.717, 1.165) is 0 Å². The van der Waals surface area contributed by atoms with E-state index in [2.05, 4.69) is 60.1 Å². The van der Waals surface area contributed by atoms with Gasteiger partial charge in [-0.3, -0.25) is 0 Å². The fourth-order valence-corrected chi connectivity index (χ4v) is 15.5. The Bertz CT molecular complexity index is 1040. The normalized spacial score (nSPS) is 20.1. The van der Waals surface area contributed by atoms with Crippen molar-refractivity contribution in [2.24, 2.45) is 0 Å². The van der Waals surface area contributed by atoms with E-state index in [4.69, 9.17) is 0 Å². The molecule has 4 aliphatic heterocycles. The topological polar surface area (TPSA) is 0 Å². The van der Waals surface area contributed by atoms with Gasteiger partial charge in [-0.05, 0) is 59.1 Å². The molecule has 4 aliphatic rings. The summed E-state index contributed by atoms with van der Waals surface area (Å²) in [6, 6.07) is 4.71. The SMILES string of the molecule is CSC1=C(SC)SC(=C2C=CSc3c2ccc2c3SC=CC2=C2SC(SC)=C(SC)S2)S1. The minimum atomic E-state index is 1.37. The Labute approximate surface area is 232 Å². The molecule has 10 heteroatoms. The van der Waals surface area contributed by atoms with Crippen LogP contribution in [0.5, 0.6) is 0 Å². The summed E-state index contributed by atoms with van der Waals surface area (Å²) in [5.41, 5.74) is 5.50. The molecule has 0 unspecified atom stereocenters. The summed E-state index contributed by atoms with van der Waals surface area (Å²) in [5.74, 6) is 0. The van der Waals surface area contributed by atoms with Crippen LogP contribution in [0.1, 0.15) is 11.1 Å². The van der Waals surface area contributed by atoms with Crippen molar-refractivity contribution in [3.63, 3.8) is 0 Å². The minimum absolute atomic E-state index is 1.37. The number of thioether (sulfide) groups is 10. The lowest BCUT2D eigenvalue weighted by Gasteiger charge is -2.23. The third-order valence-corrected chi connectivity index (χ3v) is 17.3. The summed E-state index contributed by atoms with van der Waals surface area (Å²) < 4.78 is 8.53. The number of rotatable bonds is 4. The highest BCUT2D eigenvalue weighted by atomic mass is 32.3. The fourth-order valence-electron chi connectivity index (χ4n) is 3.36. The predicted molar refractivity (Wildman–Crippen MR) is 169 cm³/mol. The molecule has 5 rings (SSSR count). The zero-order valence-electron chi connectivity index (χ0n) is 17.5. The van der Waals surface area contributed by atoms with E-state index in [9.17, 15) is 0 Å². The highest BCUT2D eigenvalue weighted by Crippen LogP contribution is 2.62. The maximum Gasteiger partial charge on any atom is 0.0657 e. The van der Waals surface area contributed by atoms with Crippen molar-refractivity contribution in [3.8, 4) is 0 Å². The lowest BCUT2D eigenvalue weighted by atomic mass is 10.0. The van der Waals surface area contributed by atoms with Crippen molar-refractivity contribution in [1.82, 2.24) is 0 Å². The largest absolute Gasteiger partial charge is 0.121 e. The van der Waals surface area contributed by atoms with E-state index < -0.39 is 0 Å². The van der Waals surface area contributed by atoms with Crippen LogP contribution in [0.25, 0.3) is 11.1 Å². The third kappa shape index (κ3) is 4.64. The summed E-state index contributed by atoms with van der Waals surface area (Å²) in [5, 5.41) is 4.54. The lowest BCUT2D eigenvalue weighted by Crippen LogP contribution is -1.99. The van der Waals surface area contributed by atoms with Gasteiger partial charge in [0.2, 0.25) is 0 Å². The van der Waals surface area contributed by atoms with Gasteiger partial charge < -0.3 is 0 Å². The molecule has 1 aromatic rings. The zero-order chi connectivity index (χ0) is 22.2. The van der Waals surface area contributed by atoms with E-state index in [1.807, 2.05) is 118 Å². The Hall–Kier alpha value is 1.16. The minimum Gasteiger partial charge on any atom is -0.121 e. The maximum absolute atomic E-state index is 2.35. The van der Waals surface area contributed by atoms with Crippen LogP contribution in [0.3, 0.4) is 0 Å². The first-order chi connectivity index (χ1) is 15.7. The van der Waals surface area contributed by atoms with E-state index in [1.54, 1.807) is 0 Å². The summed E-state index contributed by atoms with van der Waals surface area (Å²) in [6.07, 6.45) is 13.3. The molecular weight excluding hydrogens is 585 g/mol. The molecule has 0 bridgehead atoms. The van der Waals surface area contributed by atoms with Gasteiger partial charge in [-0.25, -0.2) is 0 Å². The van der Waals surface area contributed by atoms with Crippen molar-refractivity contribution in [1.29, 1.82) is 0 Å². The Morgan fingerprint density at radius 3 is 1.19 bits per heavy atom. The van der Waals surface area contributed by atoms with E-state index in [0.29, 0.717) is 0 Å². The molecule has 1 aromatic carbocycles. The Balaban J connectivity index is 1.55. The first kappa shape index (κ1) is 24.8. The Morgan fingerprint density at radius 1 is 0.531 bits per heavy atom. The number of benzene rings is 1. The lowest BCUT2D eigenvalue weighted by molar-refractivity contribution is 1.20. The second-order valence-electron chi connectivity index (χ2n) is 6.44. The molecule has 0 fully saturated rings. The van der Waals surface area contributed by atoms with Gasteiger partial charge in [-0.1, -0.05) is 82.7 Å². The summed E-state index contributed by atoms with van der Waals surface area (Å²) in [7, 11) is 0. The van der Waals surface area contributed by atoms with Gasteiger partial charge >= 0.3 is 0 Å². The second kappa shape index (κ2) is 11.0. The number of allylic oxidation sites excluding steroid dienone is 4. The molecule has 0 atom stereocenters. The van der Waals surface area contributed by atoms with E-state index in [-0.39, 0.29) is 0 Å². The molecule has 0 saturated heterocycles. The molecule has 166 valence electrons. The molecule has 0 aromatic heterocycles. The monoisotopic (exact) mass is 602 g/mol. The molecular formula is C22H18S10. The first-order valence-electron chi connectivity index (χ1n) is 9.37. The van der Waals surface area contributed by atoms with Crippen molar-refractivity contribution >= 4 is 129 Å². The first-order valence-corrected chi connectivity index (χ1v) is 19.3. The molecule has 0 spiro atoms. The second-order valence-corrected chi connectivity index (χ2v) is 17.2. The highest BCUT2D eigenvalue weighted by molar-refractivity contribution is 8.41. The van der Waals surface area contributed by atoms with Crippen molar-refractivity contribution in [2.75, 3.05) is 25.0 Å². The van der Waals surface area contributed by atoms with Gasteiger partial charge in [0.25, 0.3) is 0 Å². The van der Waals surface area contributed by atoms with Gasteiger partial charge in [-0.2, -0.15) is 0 Å². The van der Waals surface area contributed by atoms with Gasteiger partial charge in [0.1, 0.15) is 0 Å². The number of fused-ring (bicyclic) bond motifs is 3. The van der Waals surface area contributed by atoms with Crippen LogP contribution in [-0.4, -0.2) is 25.0 Å². The highest BCUT2D eigenvalue weighted by Gasteiger charge is 2.29. The maximum atomic E-state index is 2.35. The third-order valence-electron chi connectivity index (χ3n) is 4.79. The Kier molecular flexibility index (Phi) is 8.58. The molecule has 0 radical (unpaired) electrons. The van der Waals surface area contributed by atoms with Crippen molar-refractivity contribution in [3.05, 3.63) is 71.7 Å². The van der Waals surface area contributed by atoms with Crippen LogP contribution >= 0.6 is 118 Å². The smallest absolute Gasteiger partial charge is 0.0657 e. The van der Waals surface area contributed by atoms with Gasteiger partial charge in [0.15, 0.2) is 0 Å². The molecule has 0 aliphatic carbocycles. The Morgan fingerprint density at radius 2 is 0.875 bits per heavy atom. The molecule has 4 heterocycles. The van der Waals surface area contributed by atoms with Crippen LogP contribution in [0, 0.1) is 0 Å². The van der Waals surface area contributed by atoms with Crippen LogP contribution in [-0.2, 0) is 0 Å². The summed E-state index contributed by atoms with van der Waals surface area (Å²) in [6.45, 7) is 0. The molecule has 0 saturated carbocycles. The molecule has 0 nitrogen and oxygen atoms in total. The standard InChI is InChI=1S/C22H18S10/c1-23-19-20(24-2)30-17(29-19)13-7-9-27-15-11(13)5-6-12-14(8-10-28-16(12)15)18-31-21(25-3)22(26-4)32-18/h5-10H,1-4H3. The van der Waals surface area contributed by atoms with Crippen LogP contribution in [0.2, 0.25) is 0 Å². The average Bonchev–Trinajstić information content (AvgIpc) is 3.46. The van der Waals surface area contributed by atoms with E-state index in [1.165, 1.54) is 57.5 Å². The van der Waals surface area contributed by atoms with Crippen molar-refractivity contribution < 1.29 is 0 Å². The van der Waals surface area contributed by atoms with Crippen LogP contribution in [0.4, 0.5) is 0 Å². The predicted octanol–water partition coefficient (Wildman–Crippen LogP) is 10.9. The van der Waals surface area contributed by atoms with Gasteiger partial charge in [0, 0.05) is 20.9 Å². The fraction of sp³-hybridized carbons (Fsp3) is 0.182. The van der Waals surface area contributed by atoms with Gasteiger partial charge in [0.05, 0.1) is 25.4 Å². The van der Waals surface area contributed by atoms with Crippen molar-refractivity contribution in [2.45, 2.75) is 9.79 Å².